The van der Waals surface area contributed by atoms with E-state index in [-0.39, 0.29) is 0 Å². The maximum atomic E-state index is 4.61. The van der Waals surface area contributed by atoms with Crippen molar-refractivity contribution in [2.24, 2.45) is 7.05 Å². The molecule has 0 aromatic carbocycles. The first-order valence-electron chi connectivity index (χ1n) is 7.00. The average Bonchev–Trinajstić information content (AvgIpc) is 2.93. The lowest BCUT2D eigenvalue weighted by atomic mass is 10.2. The highest BCUT2D eigenvalue weighted by atomic mass is 79.9. The van der Waals surface area contributed by atoms with Gasteiger partial charge in [0, 0.05) is 37.9 Å². The van der Waals surface area contributed by atoms with E-state index in [1.54, 1.807) is 0 Å². The highest BCUT2D eigenvalue weighted by Crippen LogP contribution is 2.22. The Hall–Kier alpha value is -1.14. The highest BCUT2D eigenvalue weighted by Gasteiger charge is 2.13. The van der Waals surface area contributed by atoms with Crippen LogP contribution in [0.5, 0.6) is 0 Å². The van der Waals surface area contributed by atoms with Gasteiger partial charge in [-0.1, -0.05) is 6.92 Å². The first-order chi connectivity index (χ1) is 9.58. The van der Waals surface area contributed by atoms with E-state index < -0.39 is 0 Å². The third-order valence-electron chi connectivity index (χ3n) is 3.64. The summed E-state index contributed by atoms with van der Waals surface area (Å²) in [4.78, 5) is 0. The van der Waals surface area contributed by atoms with Crippen molar-refractivity contribution in [3.63, 3.8) is 0 Å². The predicted octanol–water partition coefficient (Wildman–Crippen LogP) is 2.56. The lowest BCUT2D eigenvalue weighted by Crippen LogP contribution is -2.17. The molecular formula is C14H22BrN5. The molecule has 0 bridgehead atoms. The molecule has 0 amide bonds. The normalized spacial score (nSPS) is 11.2. The van der Waals surface area contributed by atoms with Gasteiger partial charge in [-0.2, -0.15) is 10.2 Å². The van der Waals surface area contributed by atoms with Crippen LogP contribution in [0.2, 0.25) is 0 Å². The molecule has 0 fully saturated rings. The van der Waals surface area contributed by atoms with Gasteiger partial charge in [-0.15, -0.1) is 0 Å². The van der Waals surface area contributed by atoms with Crippen LogP contribution < -0.4 is 5.32 Å². The third-order valence-corrected chi connectivity index (χ3v) is 4.55. The average molecular weight is 340 g/mol. The number of nitrogens with zero attached hydrogens (tertiary/aromatic N) is 4. The Morgan fingerprint density at radius 3 is 2.60 bits per heavy atom. The summed E-state index contributed by atoms with van der Waals surface area (Å²) in [5.41, 5.74) is 4.78. The number of rotatable bonds is 6. The van der Waals surface area contributed by atoms with Crippen LogP contribution in [0.15, 0.2) is 10.7 Å². The Kier molecular flexibility index (Phi) is 4.99. The predicted molar refractivity (Wildman–Crippen MR) is 83.5 cm³/mol. The van der Waals surface area contributed by atoms with Crippen LogP contribution >= 0.6 is 15.9 Å². The molecule has 6 heteroatoms. The van der Waals surface area contributed by atoms with Gasteiger partial charge in [-0.05, 0) is 36.2 Å². The Morgan fingerprint density at radius 2 is 2.05 bits per heavy atom. The summed E-state index contributed by atoms with van der Waals surface area (Å²) in [6.45, 7) is 8.85. The second-order valence-corrected chi connectivity index (χ2v) is 5.65. The highest BCUT2D eigenvalue weighted by molar-refractivity contribution is 9.10. The second kappa shape index (κ2) is 6.54. The third kappa shape index (κ3) is 2.96. The zero-order valence-corrected chi connectivity index (χ0v) is 14.2. The summed E-state index contributed by atoms with van der Waals surface area (Å²) in [5, 5.41) is 12.3. The van der Waals surface area contributed by atoms with Crippen LogP contribution in [0.25, 0.3) is 0 Å². The van der Waals surface area contributed by atoms with Gasteiger partial charge in [0.25, 0.3) is 0 Å². The molecule has 0 aliphatic heterocycles. The summed E-state index contributed by atoms with van der Waals surface area (Å²) in [5.74, 6) is 0. The van der Waals surface area contributed by atoms with E-state index in [0.717, 1.165) is 36.2 Å². The monoisotopic (exact) mass is 339 g/mol. The minimum absolute atomic E-state index is 0.801. The van der Waals surface area contributed by atoms with Crippen molar-refractivity contribution in [2.45, 2.75) is 46.8 Å². The largest absolute Gasteiger partial charge is 0.307 e. The van der Waals surface area contributed by atoms with Crippen LogP contribution in [0.3, 0.4) is 0 Å². The molecule has 0 unspecified atom stereocenters. The number of nitrogens with one attached hydrogen (secondary N) is 1. The minimum atomic E-state index is 0.801. The van der Waals surface area contributed by atoms with Crippen molar-refractivity contribution >= 4 is 15.9 Å². The lowest BCUT2D eigenvalue weighted by molar-refractivity contribution is 0.576. The lowest BCUT2D eigenvalue weighted by Gasteiger charge is -2.07. The Bertz CT molecular complexity index is 585. The fraction of sp³-hybridized carbons (Fsp3) is 0.571. The molecule has 2 heterocycles. The van der Waals surface area contributed by atoms with Gasteiger partial charge in [-0.25, -0.2) is 0 Å². The molecule has 5 nitrogen and oxygen atoms in total. The van der Waals surface area contributed by atoms with E-state index in [1.807, 2.05) is 17.9 Å². The van der Waals surface area contributed by atoms with Gasteiger partial charge in [0.2, 0.25) is 0 Å². The first kappa shape index (κ1) is 15.3. The number of hydrogen-bond donors (Lipinski definition) is 1. The molecule has 110 valence electrons. The smallest absolute Gasteiger partial charge is 0.0767 e. The van der Waals surface area contributed by atoms with Crippen molar-refractivity contribution in [3.05, 3.63) is 33.3 Å². The zero-order chi connectivity index (χ0) is 14.7. The van der Waals surface area contributed by atoms with E-state index in [2.05, 4.69) is 56.9 Å². The quantitative estimate of drug-likeness (QED) is 0.879. The standard InChI is InChI=1S/C14H22BrN5/c1-5-12-14(15)13(20(6-2)18-12)9-16-7-11-8-17-19(4)10(11)3/h8,16H,5-7,9H2,1-4H3. The van der Waals surface area contributed by atoms with Crippen molar-refractivity contribution in [1.29, 1.82) is 0 Å². The SMILES string of the molecule is CCc1nn(CC)c(CNCc2cnn(C)c2C)c1Br. The topological polar surface area (TPSA) is 47.7 Å². The van der Waals surface area contributed by atoms with Crippen LogP contribution in [-0.2, 0) is 33.1 Å². The van der Waals surface area contributed by atoms with Crippen LogP contribution in [0.4, 0.5) is 0 Å². The maximum absolute atomic E-state index is 4.61. The van der Waals surface area contributed by atoms with Gasteiger partial charge in [0.15, 0.2) is 0 Å². The summed E-state index contributed by atoms with van der Waals surface area (Å²) >= 11 is 3.67. The van der Waals surface area contributed by atoms with Crippen LogP contribution in [0, 0.1) is 6.92 Å². The van der Waals surface area contributed by atoms with Gasteiger partial charge in [-0.3, -0.25) is 9.36 Å². The van der Waals surface area contributed by atoms with E-state index >= 15 is 0 Å². The van der Waals surface area contributed by atoms with E-state index in [0.29, 0.717) is 0 Å². The fourth-order valence-corrected chi connectivity index (χ4v) is 2.92. The van der Waals surface area contributed by atoms with Gasteiger partial charge in [0.1, 0.15) is 0 Å². The van der Waals surface area contributed by atoms with Gasteiger partial charge < -0.3 is 5.32 Å². The first-order valence-corrected chi connectivity index (χ1v) is 7.80. The fourth-order valence-electron chi connectivity index (χ4n) is 2.22. The molecule has 1 N–H and O–H groups in total. The molecular weight excluding hydrogens is 318 g/mol. The molecule has 20 heavy (non-hydrogen) atoms. The Labute approximate surface area is 128 Å². The van der Waals surface area contributed by atoms with E-state index in [4.69, 9.17) is 0 Å². The number of halogens is 1. The Morgan fingerprint density at radius 1 is 1.30 bits per heavy atom. The number of aryl methyl sites for hydroxylation is 3. The minimum Gasteiger partial charge on any atom is -0.307 e. The summed E-state index contributed by atoms with van der Waals surface area (Å²) in [6, 6.07) is 0. The molecule has 0 saturated carbocycles. The van der Waals surface area contributed by atoms with Crippen LogP contribution in [0.1, 0.15) is 36.5 Å². The Balaban J connectivity index is 2.04. The molecule has 0 aliphatic rings. The van der Waals surface area contributed by atoms with Crippen molar-refractivity contribution in [3.8, 4) is 0 Å². The second-order valence-electron chi connectivity index (χ2n) is 4.86. The molecule has 2 rings (SSSR count). The van der Waals surface area contributed by atoms with Crippen molar-refractivity contribution in [2.75, 3.05) is 0 Å². The van der Waals surface area contributed by atoms with E-state index in [9.17, 15) is 0 Å². The van der Waals surface area contributed by atoms with Gasteiger partial charge >= 0.3 is 0 Å². The molecule has 2 aromatic rings. The van der Waals surface area contributed by atoms with Crippen LogP contribution in [-0.4, -0.2) is 19.6 Å². The van der Waals surface area contributed by atoms with Gasteiger partial charge in [0.05, 0.1) is 22.1 Å². The van der Waals surface area contributed by atoms with Crippen molar-refractivity contribution < 1.29 is 0 Å². The number of aromatic nitrogens is 4. The number of hydrogen-bond acceptors (Lipinski definition) is 3. The molecule has 0 aliphatic carbocycles. The summed E-state index contributed by atoms with van der Waals surface area (Å²) < 4.78 is 5.10. The zero-order valence-electron chi connectivity index (χ0n) is 12.6. The van der Waals surface area contributed by atoms with E-state index in [1.165, 1.54) is 17.0 Å². The molecule has 0 atom stereocenters. The molecule has 0 saturated heterocycles. The molecule has 0 radical (unpaired) electrons. The van der Waals surface area contributed by atoms with Crippen molar-refractivity contribution in [1.82, 2.24) is 24.9 Å². The molecule has 0 spiro atoms. The summed E-state index contributed by atoms with van der Waals surface area (Å²) in [6.07, 6.45) is 2.87. The molecule has 2 aromatic heterocycles. The summed E-state index contributed by atoms with van der Waals surface area (Å²) in [7, 11) is 1.97. The maximum Gasteiger partial charge on any atom is 0.0767 e.